The molecule has 0 aliphatic carbocycles. The van der Waals surface area contributed by atoms with Crippen molar-refractivity contribution in [1.29, 1.82) is 0 Å². The molecule has 2 aromatic heterocycles. The molecule has 1 N–H and O–H groups in total. The van der Waals surface area contributed by atoms with E-state index >= 15 is 0 Å². The number of piperidine rings is 1. The second kappa shape index (κ2) is 6.82. The fraction of sp³-hybridized carbons (Fsp3) is 0.412. The normalized spacial score (nSPS) is 17.6. The highest BCUT2D eigenvalue weighted by molar-refractivity contribution is 5.92. The standard InChI is InChI=1S/C17H21N5O2/c1-12-5-3-7-14(18-12)19-17(24)13-6-4-10-22(11-13)15-8-9-16(23)21(2)20-15/h3,5,7-9,13H,4,6,10-11H2,1-2H3,(H,18,19,24). The Morgan fingerprint density at radius 2 is 2.12 bits per heavy atom. The van der Waals surface area contributed by atoms with Gasteiger partial charge in [0.1, 0.15) is 11.6 Å². The highest BCUT2D eigenvalue weighted by Crippen LogP contribution is 2.22. The summed E-state index contributed by atoms with van der Waals surface area (Å²) in [4.78, 5) is 30.4. The number of anilines is 2. The Kier molecular flexibility index (Phi) is 4.59. The minimum atomic E-state index is -0.143. The molecule has 1 atom stereocenters. The molecule has 24 heavy (non-hydrogen) atoms. The Bertz CT molecular complexity index is 802. The Balaban J connectivity index is 1.69. The number of aryl methyl sites for hydroxylation is 2. The van der Waals surface area contributed by atoms with Crippen LogP contribution in [0.25, 0.3) is 0 Å². The molecule has 1 aliphatic heterocycles. The van der Waals surface area contributed by atoms with E-state index in [0.717, 1.165) is 30.9 Å². The Morgan fingerprint density at radius 1 is 1.29 bits per heavy atom. The van der Waals surface area contributed by atoms with Crippen LogP contribution >= 0.6 is 0 Å². The van der Waals surface area contributed by atoms with Gasteiger partial charge in [0.2, 0.25) is 5.91 Å². The molecule has 0 bridgehead atoms. The molecular weight excluding hydrogens is 306 g/mol. The van der Waals surface area contributed by atoms with Crippen molar-refractivity contribution in [1.82, 2.24) is 14.8 Å². The Morgan fingerprint density at radius 3 is 2.88 bits per heavy atom. The molecule has 1 fully saturated rings. The molecule has 0 aromatic carbocycles. The van der Waals surface area contributed by atoms with Crippen molar-refractivity contribution in [2.24, 2.45) is 13.0 Å². The van der Waals surface area contributed by atoms with Crippen LogP contribution in [-0.4, -0.2) is 33.8 Å². The van der Waals surface area contributed by atoms with E-state index in [1.165, 1.54) is 10.7 Å². The molecule has 2 aromatic rings. The van der Waals surface area contributed by atoms with Crippen LogP contribution in [-0.2, 0) is 11.8 Å². The van der Waals surface area contributed by atoms with Gasteiger partial charge in [-0.05, 0) is 38.0 Å². The molecule has 3 rings (SSSR count). The lowest BCUT2D eigenvalue weighted by Gasteiger charge is -2.32. The van der Waals surface area contributed by atoms with Crippen molar-refractivity contribution in [3.63, 3.8) is 0 Å². The number of amides is 1. The Labute approximate surface area is 140 Å². The number of rotatable bonds is 3. The minimum Gasteiger partial charge on any atom is -0.354 e. The van der Waals surface area contributed by atoms with Crippen molar-refractivity contribution in [3.05, 3.63) is 46.4 Å². The summed E-state index contributed by atoms with van der Waals surface area (Å²) < 4.78 is 1.32. The molecule has 1 amide bonds. The lowest BCUT2D eigenvalue weighted by atomic mass is 9.97. The van der Waals surface area contributed by atoms with Gasteiger partial charge in [0.05, 0.1) is 5.92 Å². The fourth-order valence-electron chi connectivity index (χ4n) is 2.90. The zero-order chi connectivity index (χ0) is 17.1. The van der Waals surface area contributed by atoms with Gasteiger partial charge < -0.3 is 10.2 Å². The Hall–Kier alpha value is -2.70. The van der Waals surface area contributed by atoms with Crippen LogP contribution in [0.15, 0.2) is 35.1 Å². The number of carbonyl (C=O) groups is 1. The lowest BCUT2D eigenvalue weighted by molar-refractivity contribution is -0.120. The zero-order valence-electron chi connectivity index (χ0n) is 13.9. The average Bonchev–Trinajstić information content (AvgIpc) is 2.57. The maximum atomic E-state index is 12.5. The SMILES string of the molecule is Cc1cccc(NC(=O)C2CCCN(c3ccc(=O)n(C)n3)C2)n1. The number of hydrogen-bond donors (Lipinski definition) is 1. The smallest absolute Gasteiger partial charge is 0.266 e. The molecule has 3 heterocycles. The predicted octanol–water partition coefficient (Wildman–Crippen LogP) is 1.34. The predicted molar refractivity (Wildman–Crippen MR) is 92.0 cm³/mol. The summed E-state index contributed by atoms with van der Waals surface area (Å²) >= 11 is 0. The minimum absolute atomic E-state index is 0.0254. The van der Waals surface area contributed by atoms with Gasteiger partial charge in [0, 0.05) is 31.9 Å². The average molecular weight is 327 g/mol. The summed E-state index contributed by atoms with van der Waals surface area (Å²) in [7, 11) is 1.63. The van der Waals surface area contributed by atoms with Crippen molar-refractivity contribution >= 4 is 17.5 Å². The number of nitrogens with one attached hydrogen (secondary N) is 1. The number of hydrogen-bond acceptors (Lipinski definition) is 5. The largest absolute Gasteiger partial charge is 0.354 e. The van der Waals surface area contributed by atoms with E-state index in [-0.39, 0.29) is 17.4 Å². The third-order valence-electron chi connectivity index (χ3n) is 4.20. The van der Waals surface area contributed by atoms with Crippen molar-refractivity contribution in [2.45, 2.75) is 19.8 Å². The van der Waals surface area contributed by atoms with E-state index in [1.807, 2.05) is 19.1 Å². The number of pyridine rings is 1. The van der Waals surface area contributed by atoms with Gasteiger partial charge in [-0.25, -0.2) is 9.67 Å². The summed E-state index contributed by atoms with van der Waals surface area (Å²) in [6.07, 6.45) is 1.74. The second-order valence-corrected chi connectivity index (χ2v) is 6.09. The van der Waals surface area contributed by atoms with Gasteiger partial charge in [-0.2, -0.15) is 5.10 Å². The highest BCUT2D eigenvalue weighted by atomic mass is 16.2. The first-order valence-electron chi connectivity index (χ1n) is 8.07. The summed E-state index contributed by atoms with van der Waals surface area (Å²) in [6.45, 7) is 3.31. The zero-order valence-corrected chi connectivity index (χ0v) is 13.9. The van der Waals surface area contributed by atoms with Gasteiger partial charge in [-0.1, -0.05) is 6.07 Å². The summed E-state index contributed by atoms with van der Waals surface area (Å²) in [5.41, 5.74) is 0.725. The van der Waals surface area contributed by atoms with Crippen LogP contribution in [0.2, 0.25) is 0 Å². The van der Waals surface area contributed by atoms with E-state index in [9.17, 15) is 9.59 Å². The van der Waals surface area contributed by atoms with Gasteiger partial charge >= 0.3 is 0 Å². The lowest BCUT2D eigenvalue weighted by Crippen LogP contribution is -2.41. The number of aromatic nitrogens is 3. The maximum absolute atomic E-state index is 12.5. The molecule has 126 valence electrons. The monoisotopic (exact) mass is 327 g/mol. The van der Waals surface area contributed by atoms with Gasteiger partial charge in [0.25, 0.3) is 5.56 Å². The van der Waals surface area contributed by atoms with Gasteiger partial charge in [-0.3, -0.25) is 9.59 Å². The first kappa shape index (κ1) is 16.2. The third-order valence-corrected chi connectivity index (χ3v) is 4.20. The molecule has 0 saturated carbocycles. The third kappa shape index (κ3) is 3.61. The molecule has 7 heteroatoms. The van der Waals surface area contributed by atoms with E-state index in [2.05, 4.69) is 20.3 Å². The van der Waals surface area contributed by atoms with Crippen LogP contribution in [0.1, 0.15) is 18.5 Å². The van der Waals surface area contributed by atoms with Gasteiger partial charge in [0.15, 0.2) is 0 Å². The van der Waals surface area contributed by atoms with Crippen LogP contribution < -0.4 is 15.8 Å². The van der Waals surface area contributed by atoms with E-state index < -0.39 is 0 Å². The summed E-state index contributed by atoms with van der Waals surface area (Å²) in [5.74, 6) is 1.16. The first-order valence-corrected chi connectivity index (χ1v) is 8.07. The van der Waals surface area contributed by atoms with Crippen molar-refractivity contribution in [3.8, 4) is 0 Å². The van der Waals surface area contributed by atoms with E-state index in [0.29, 0.717) is 12.4 Å². The molecule has 0 spiro atoms. The van der Waals surface area contributed by atoms with Crippen LogP contribution in [0.3, 0.4) is 0 Å². The van der Waals surface area contributed by atoms with Crippen LogP contribution in [0.4, 0.5) is 11.6 Å². The van der Waals surface area contributed by atoms with Gasteiger partial charge in [-0.15, -0.1) is 0 Å². The second-order valence-electron chi connectivity index (χ2n) is 6.09. The molecule has 1 unspecified atom stereocenters. The van der Waals surface area contributed by atoms with Crippen molar-refractivity contribution < 1.29 is 4.79 Å². The first-order chi connectivity index (χ1) is 11.5. The summed E-state index contributed by atoms with van der Waals surface area (Å²) in [6, 6.07) is 8.77. The van der Waals surface area contributed by atoms with Crippen LogP contribution in [0, 0.1) is 12.8 Å². The number of nitrogens with zero attached hydrogens (tertiary/aromatic N) is 4. The van der Waals surface area contributed by atoms with E-state index in [4.69, 9.17) is 0 Å². The van der Waals surface area contributed by atoms with Crippen LogP contribution in [0.5, 0.6) is 0 Å². The summed E-state index contributed by atoms with van der Waals surface area (Å²) in [5, 5.41) is 7.16. The quantitative estimate of drug-likeness (QED) is 0.920. The maximum Gasteiger partial charge on any atom is 0.266 e. The number of carbonyl (C=O) groups excluding carboxylic acids is 1. The van der Waals surface area contributed by atoms with E-state index in [1.54, 1.807) is 19.2 Å². The highest BCUT2D eigenvalue weighted by Gasteiger charge is 2.27. The fourth-order valence-corrected chi connectivity index (χ4v) is 2.90. The topological polar surface area (TPSA) is 80.1 Å². The molecular formula is C17H21N5O2. The van der Waals surface area contributed by atoms with Crippen molar-refractivity contribution in [2.75, 3.05) is 23.3 Å². The molecule has 0 radical (unpaired) electrons. The molecule has 1 aliphatic rings. The molecule has 7 nitrogen and oxygen atoms in total. The molecule has 1 saturated heterocycles.